The summed E-state index contributed by atoms with van der Waals surface area (Å²) in [4.78, 5) is 4.39. The number of nitrogens with one attached hydrogen (secondary N) is 1. The molecule has 0 spiro atoms. The summed E-state index contributed by atoms with van der Waals surface area (Å²) in [6.07, 6.45) is 0. The Bertz CT molecular complexity index is 555. The summed E-state index contributed by atoms with van der Waals surface area (Å²) in [5, 5.41) is 3.29. The summed E-state index contributed by atoms with van der Waals surface area (Å²) < 4.78 is 5.13. The first-order valence-electron chi connectivity index (χ1n) is 6.23. The third-order valence-electron chi connectivity index (χ3n) is 2.90. The van der Waals surface area contributed by atoms with Gasteiger partial charge in [0.25, 0.3) is 0 Å². The zero-order valence-corrected chi connectivity index (χ0v) is 11.3. The number of aryl methyl sites for hydroxylation is 1. The van der Waals surface area contributed by atoms with Gasteiger partial charge in [0.05, 0.1) is 18.0 Å². The Labute approximate surface area is 113 Å². The maximum absolute atomic E-state index is 5.75. The molecule has 0 fully saturated rings. The maximum atomic E-state index is 5.75. The Hall–Kier alpha value is -2.07. The first kappa shape index (κ1) is 13.4. The van der Waals surface area contributed by atoms with Crippen molar-refractivity contribution in [3.63, 3.8) is 0 Å². The molecule has 0 bridgehead atoms. The van der Waals surface area contributed by atoms with Crippen LogP contribution in [-0.2, 0) is 17.9 Å². The zero-order valence-electron chi connectivity index (χ0n) is 11.3. The van der Waals surface area contributed by atoms with Crippen molar-refractivity contribution in [3.8, 4) is 0 Å². The molecule has 0 saturated carbocycles. The molecular formula is C15H19N3O. The second-order valence-electron chi connectivity index (χ2n) is 4.48. The monoisotopic (exact) mass is 257 g/mol. The van der Waals surface area contributed by atoms with Crippen LogP contribution in [0, 0.1) is 6.92 Å². The second-order valence-corrected chi connectivity index (χ2v) is 4.48. The lowest BCUT2D eigenvalue weighted by molar-refractivity contribution is 0.185. The quantitative estimate of drug-likeness (QED) is 0.864. The van der Waals surface area contributed by atoms with Crippen LogP contribution in [0.1, 0.15) is 16.8 Å². The van der Waals surface area contributed by atoms with E-state index in [2.05, 4.69) is 28.5 Å². The molecule has 0 aliphatic carbocycles. The summed E-state index contributed by atoms with van der Waals surface area (Å²) in [5.41, 5.74) is 9.68. The van der Waals surface area contributed by atoms with Crippen LogP contribution in [0.15, 0.2) is 36.4 Å². The molecule has 0 aliphatic rings. The average molecular weight is 257 g/mol. The third kappa shape index (κ3) is 3.69. The van der Waals surface area contributed by atoms with E-state index in [1.807, 2.05) is 25.1 Å². The molecule has 1 heterocycles. The fourth-order valence-corrected chi connectivity index (χ4v) is 1.86. The Morgan fingerprint density at radius 2 is 2.00 bits per heavy atom. The molecule has 4 nitrogen and oxygen atoms in total. The van der Waals surface area contributed by atoms with Crippen molar-refractivity contribution in [1.82, 2.24) is 4.98 Å². The van der Waals surface area contributed by atoms with Crippen molar-refractivity contribution in [2.24, 2.45) is 0 Å². The number of methoxy groups -OCH3 is 1. The summed E-state index contributed by atoms with van der Waals surface area (Å²) in [6.45, 7) is 3.26. The van der Waals surface area contributed by atoms with E-state index in [9.17, 15) is 0 Å². The van der Waals surface area contributed by atoms with Gasteiger partial charge in [-0.15, -0.1) is 0 Å². The number of nitrogen functional groups attached to an aromatic ring is 1. The van der Waals surface area contributed by atoms with E-state index < -0.39 is 0 Å². The highest BCUT2D eigenvalue weighted by Crippen LogP contribution is 2.13. The third-order valence-corrected chi connectivity index (χ3v) is 2.90. The molecule has 0 radical (unpaired) electrons. The molecule has 100 valence electrons. The van der Waals surface area contributed by atoms with Crippen molar-refractivity contribution in [3.05, 3.63) is 53.2 Å². The van der Waals surface area contributed by atoms with Crippen LogP contribution in [0.4, 0.5) is 11.5 Å². The van der Waals surface area contributed by atoms with E-state index in [-0.39, 0.29) is 0 Å². The largest absolute Gasteiger partial charge is 0.397 e. The Balaban J connectivity index is 2.01. The van der Waals surface area contributed by atoms with Crippen molar-refractivity contribution >= 4 is 11.5 Å². The van der Waals surface area contributed by atoms with Crippen molar-refractivity contribution < 1.29 is 4.74 Å². The lowest BCUT2D eigenvalue weighted by Crippen LogP contribution is -2.03. The predicted molar refractivity (Wildman–Crippen MR) is 77.9 cm³/mol. The summed E-state index contributed by atoms with van der Waals surface area (Å²) >= 11 is 0. The minimum absolute atomic E-state index is 0.632. The minimum atomic E-state index is 0.632. The molecular weight excluding hydrogens is 238 g/mol. The lowest BCUT2D eigenvalue weighted by atomic mass is 10.1. The number of hydrogen-bond donors (Lipinski definition) is 2. The van der Waals surface area contributed by atoms with E-state index in [1.165, 1.54) is 11.1 Å². The van der Waals surface area contributed by atoms with Crippen molar-refractivity contribution in [2.75, 3.05) is 18.2 Å². The SMILES string of the molecule is COCc1cccc(CNc2ccc(N)c(C)n2)c1. The molecule has 0 amide bonds. The molecule has 0 saturated heterocycles. The van der Waals surface area contributed by atoms with Gasteiger partial charge in [0.15, 0.2) is 0 Å². The summed E-state index contributed by atoms with van der Waals surface area (Å²) in [7, 11) is 1.70. The molecule has 0 atom stereocenters. The number of benzene rings is 1. The van der Waals surface area contributed by atoms with Crippen molar-refractivity contribution in [1.29, 1.82) is 0 Å². The smallest absolute Gasteiger partial charge is 0.126 e. The fourth-order valence-electron chi connectivity index (χ4n) is 1.86. The fraction of sp³-hybridized carbons (Fsp3) is 0.267. The normalized spacial score (nSPS) is 10.4. The van der Waals surface area contributed by atoms with Gasteiger partial charge >= 0.3 is 0 Å². The number of rotatable bonds is 5. The van der Waals surface area contributed by atoms with Crippen LogP contribution in [-0.4, -0.2) is 12.1 Å². The summed E-state index contributed by atoms with van der Waals surface area (Å²) in [5.74, 6) is 0.837. The maximum Gasteiger partial charge on any atom is 0.126 e. The second kappa shape index (κ2) is 6.20. The lowest BCUT2D eigenvalue weighted by Gasteiger charge is -2.09. The number of anilines is 2. The molecule has 2 rings (SSSR count). The average Bonchev–Trinajstić information content (AvgIpc) is 2.41. The van der Waals surface area contributed by atoms with Crippen LogP contribution in [0.2, 0.25) is 0 Å². The van der Waals surface area contributed by atoms with Crippen LogP contribution in [0.25, 0.3) is 0 Å². The van der Waals surface area contributed by atoms with Crippen LogP contribution in [0.3, 0.4) is 0 Å². The van der Waals surface area contributed by atoms with E-state index in [0.717, 1.165) is 18.1 Å². The van der Waals surface area contributed by atoms with Gasteiger partial charge in [-0.05, 0) is 30.2 Å². The van der Waals surface area contributed by atoms with Gasteiger partial charge in [-0.1, -0.05) is 24.3 Å². The van der Waals surface area contributed by atoms with Gasteiger partial charge in [0.1, 0.15) is 5.82 Å². The van der Waals surface area contributed by atoms with Gasteiger partial charge < -0.3 is 15.8 Å². The summed E-state index contributed by atoms with van der Waals surface area (Å²) in [6, 6.07) is 12.1. The van der Waals surface area contributed by atoms with Crippen LogP contribution >= 0.6 is 0 Å². The number of pyridine rings is 1. The molecule has 3 N–H and O–H groups in total. The minimum Gasteiger partial charge on any atom is -0.397 e. The highest BCUT2D eigenvalue weighted by molar-refractivity contribution is 5.49. The number of ether oxygens (including phenoxy) is 1. The Morgan fingerprint density at radius 1 is 1.21 bits per heavy atom. The van der Waals surface area contributed by atoms with E-state index in [1.54, 1.807) is 7.11 Å². The molecule has 1 aromatic carbocycles. The van der Waals surface area contributed by atoms with E-state index >= 15 is 0 Å². The van der Waals surface area contributed by atoms with Gasteiger partial charge in [0, 0.05) is 13.7 Å². The predicted octanol–water partition coefficient (Wildman–Crippen LogP) is 2.73. The Morgan fingerprint density at radius 3 is 2.74 bits per heavy atom. The first-order valence-corrected chi connectivity index (χ1v) is 6.23. The molecule has 2 aromatic rings. The highest BCUT2D eigenvalue weighted by atomic mass is 16.5. The molecule has 19 heavy (non-hydrogen) atoms. The topological polar surface area (TPSA) is 60.2 Å². The Kier molecular flexibility index (Phi) is 4.36. The standard InChI is InChI=1S/C15H19N3O/c1-11-14(16)6-7-15(18-11)17-9-12-4-3-5-13(8-12)10-19-2/h3-8H,9-10,16H2,1-2H3,(H,17,18). The van der Waals surface area contributed by atoms with Crippen molar-refractivity contribution in [2.45, 2.75) is 20.1 Å². The molecule has 0 unspecified atom stereocenters. The van der Waals surface area contributed by atoms with E-state index in [0.29, 0.717) is 12.3 Å². The highest BCUT2D eigenvalue weighted by Gasteiger charge is 2.00. The number of aromatic nitrogens is 1. The van der Waals surface area contributed by atoms with Gasteiger partial charge in [-0.25, -0.2) is 4.98 Å². The molecule has 4 heteroatoms. The molecule has 0 aliphatic heterocycles. The zero-order chi connectivity index (χ0) is 13.7. The van der Waals surface area contributed by atoms with Crippen LogP contribution in [0.5, 0.6) is 0 Å². The molecule has 1 aromatic heterocycles. The number of hydrogen-bond acceptors (Lipinski definition) is 4. The van der Waals surface area contributed by atoms with Gasteiger partial charge in [0.2, 0.25) is 0 Å². The number of nitrogens with two attached hydrogens (primary N) is 1. The first-order chi connectivity index (χ1) is 9.19. The van der Waals surface area contributed by atoms with Gasteiger partial charge in [-0.2, -0.15) is 0 Å². The van der Waals surface area contributed by atoms with Gasteiger partial charge in [-0.3, -0.25) is 0 Å². The number of nitrogens with zero attached hydrogens (tertiary/aromatic N) is 1. The van der Waals surface area contributed by atoms with Crippen LogP contribution < -0.4 is 11.1 Å². The van der Waals surface area contributed by atoms with E-state index in [4.69, 9.17) is 10.5 Å².